The molecule has 0 bridgehead atoms. The summed E-state index contributed by atoms with van der Waals surface area (Å²) >= 11 is 2.01. The summed E-state index contributed by atoms with van der Waals surface area (Å²) in [6, 6.07) is 0. The van der Waals surface area contributed by atoms with Crippen molar-refractivity contribution in [2.45, 2.75) is 56.3 Å². The van der Waals surface area contributed by atoms with Gasteiger partial charge in [0.25, 0.3) is 0 Å². The predicted octanol–water partition coefficient (Wildman–Crippen LogP) is 2.42. The molecule has 1 spiro atoms. The van der Waals surface area contributed by atoms with Gasteiger partial charge in [0.2, 0.25) is 0 Å². The number of rotatable bonds is 2. The Hall–Kier alpha value is 0.230. The highest BCUT2D eigenvalue weighted by molar-refractivity contribution is 8.00. The van der Waals surface area contributed by atoms with E-state index in [1.165, 1.54) is 0 Å². The molecule has 1 N–H and O–H groups in total. The number of thioether (sulfide) groups is 1. The van der Waals surface area contributed by atoms with Crippen molar-refractivity contribution in [3.05, 3.63) is 0 Å². The Morgan fingerprint density at radius 1 is 1.18 bits per heavy atom. The standard InChI is InChI=1S/C13H24O3S/c1-4-12(7-14)8-15-13(16-9-12)5-10(2)17-11(3)6-13/h10-11,14H,4-9H2,1-3H3. The molecule has 2 aliphatic heterocycles. The lowest BCUT2D eigenvalue weighted by Crippen LogP contribution is -2.54. The predicted molar refractivity (Wildman–Crippen MR) is 70.2 cm³/mol. The van der Waals surface area contributed by atoms with Crippen LogP contribution in [-0.4, -0.2) is 41.2 Å². The molecule has 0 aromatic heterocycles. The van der Waals surface area contributed by atoms with Crippen molar-refractivity contribution < 1.29 is 14.6 Å². The van der Waals surface area contributed by atoms with E-state index in [-0.39, 0.29) is 17.8 Å². The molecule has 2 heterocycles. The van der Waals surface area contributed by atoms with Crippen LogP contribution in [0.4, 0.5) is 0 Å². The first-order valence-electron chi connectivity index (χ1n) is 6.57. The first kappa shape index (κ1) is 13.7. The fourth-order valence-electron chi connectivity index (χ4n) is 2.75. The van der Waals surface area contributed by atoms with E-state index < -0.39 is 0 Å². The van der Waals surface area contributed by atoms with Crippen LogP contribution < -0.4 is 0 Å². The Bertz CT molecular complexity index is 243. The molecule has 100 valence electrons. The van der Waals surface area contributed by atoms with Crippen LogP contribution in [-0.2, 0) is 9.47 Å². The highest BCUT2D eigenvalue weighted by Crippen LogP contribution is 2.44. The molecule has 2 atom stereocenters. The Labute approximate surface area is 108 Å². The van der Waals surface area contributed by atoms with Crippen molar-refractivity contribution in [1.82, 2.24) is 0 Å². The van der Waals surface area contributed by atoms with E-state index in [4.69, 9.17) is 9.47 Å². The van der Waals surface area contributed by atoms with E-state index in [9.17, 15) is 5.11 Å². The topological polar surface area (TPSA) is 38.7 Å². The molecule has 0 aromatic carbocycles. The zero-order valence-electron chi connectivity index (χ0n) is 11.1. The van der Waals surface area contributed by atoms with E-state index in [0.29, 0.717) is 23.7 Å². The minimum absolute atomic E-state index is 0.152. The van der Waals surface area contributed by atoms with Gasteiger partial charge < -0.3 is 14.6 Å². The molecule has 2 rings (SSSR count). The molecule has 0 saturated carbocycles. The van der Waals surface area contributed by atoms with E-state index >= 15 is 0 Å². The average Bonchev–Trinajstić information content (AvgIpc) is 2.29. The molecule has 0 radical (unpaired) electrons. The fourth-order valence-corrected chi connectivity index (χ4v) is 4.24. The highest BCUT2D eigenvalue weighted by Gasteiger charge is 2.47. The summed E-state index contributed by atoms with van der Waals surface area (Å²) in [6.45, 7) is 7.97. The summed E-state index contributed by atoms with van der Waals surface area (Å²) < 4.78 is 12.1. The summed E-state index contributed by atoms with van der Waals surface area (Å²) in [5.41, 5.74) is -0.178. The average molecular weight is 260 g/mol. The van der Waals surface area contributed by atoms with Gasteiger partial charge in [-0.2, -0.15) is 11.8 Å². The smallest absolute Gasteiger partial charge is 0.170 e. The molecule has 0 aromatic rings. The lowest BCUT2D eigenvalue weighted by Gasteiger charge is -2.49. The maximum absolute atomic E-state index is 9.47. The molecule has 0 aliphatic carbocycles. The molecule has 2 saturated heterocycles. The van der Waals surface area contributed by atoms with Gasteiger partial charge in [0.15, 0.2) is 5.79 Å². The van der Waals surface area contributed by atoms with Crippen molar-refractivity contribution in [3.8, 4) is 0 Å². The van der Waals surface area contributed by atoms with Crippen molar-refractivity contribution in [2.75, 3.05) is 19.8 Å². The maximum atomic E-state index is 9.47. The normalized spacial score (nSPS) is 47.3. The molecular weight excluding hydrogens is 236 g/mol. The van der Waals surface area contributed by atoms with Crippen LogP contribution in [0, 0.1) is 5.41 Å². The molecule has 4 heteroatoms. The minimum atomic E-state index is -0.377. The van der Waals surface area contributed by atoms with Crippen molar-refractivity contribution in [2.24, 2.45) is 5.41 Å². The van der Waals surface area contributed by atoms with Crippen LogP contribution in [0.5, 0.6) is 0 Å². The molecule has 3 nitrogen and oxygen atoms in total. The van der Waals surface area contributed by atoms with Gasteiger partial charge in [-0.25, -0.2) is 0 Å². The van der Waals surface area contributed by atoms with Gasteiger partial charge in [-0.3, -0.25) is 0 Å². The minimum Gasteiger partial charge on any atom is -0.396 e. The van der Waals surface area contributed by atoms with Crippen LogP contribution in [0.15, 0.2) is 0 Å². The Morgan fingerprint density at radius 2 is 1.71 bits per heavy atom. The maximum Gasteiger partial charge on any atom is 0.170 e. The van der Waals surface area contributed by atoms with Crippen LogP contribution in [0.1, 0.15) is 40.0 Å². The van der Waals surface area contributed by atoms with Crippen molar-refractivity contribution in [1.29, 1.82) is 0 Å². The van der Waals surface area contributed by atoms with Gasteiger partial charge >= 0.3 is 0 Å². The first-order chi connectivity index (χ1) is 8.03. The molecule has 0 amide bonds. The number of ether oxygens (including phenoxy) is 2. The zero-order chi connectivity index (χ0) is 12.5. The zero-order valence-corrected chi connectivity index (χ0v) is 11.9. The third kappa shape index (κ3) is 2.80. The van der Waals surface area contributed by atoms with Gasteiger partial charge in [-0.15, -0.1) is 0 Å². The fraction of sp³-hybridized carbons (Fsp3) is 1.00. The number of hydrogen-bond donors (Lipinski definition) is 1. The van der Waals surface area contributed by atoms with Gasteiger partial charge in [0.05, 0.1) is 19.8 Å². The summed E-state index contributed by atoms with van der Waals surface area (Å²) in [4.78, 5) is 0. The number of hydrogen-bond acceptors (Lipinski definition) is 4. The third-order valence-corrected chi connectivity index (χ3v) is 5.29. The largest absolute Gasteiger partial charge is 0.396 e. The summed E-state index contributed by atoms with van der Waals surface area (Å²) in [5, 5.41) is 10.6. The third-order valence-electron chi connectivity index (χ3n) is 4.03. The second-order valence-corrected chi connectivity index (χ2v) is 7.55. The van der Waals surface area contributed by atoms with Crippen LogP contribution in [0.25, 0.3) is 0 Å². The number of aliphatic hydroxyl groups excluding tert-OH is 1. The lowest BCUT2D eigenvalue weighted by molar-refractivity contribution is -0.314. The van der Waals surface area contributed by atoms with E-state index in [0.717, 1.165) is 19.3 Å². The van der Waals surface area contributed by atoms with Gasteiger partial charge in [0, 0.05) is 28.8 Å². The Balaban J connectivity index is 2.01. The first-order valence-corrected chi connectivity index (χ1v) is 7.52. The van der Waals surface area contributed by atoms with E-state index in [1.807, 2.05) is 11.8 Å². The van der Waals surface area contributed by atoms with Gasteiger partial charge in [0.1, 0.15) is 0 Å². The van der Waals surface area contributed by atoms with E-state index in [1.54, 1.807) is 0 Å². The Morgan fingerprint density at radius 3 is 2.12 bits per heavy atom. The molecule has 2 unspecified atom stereocenters. The van der Waals surface area contributed by atoms with Gasteiger partial charge in [-0.1, -0.05) is 20.8 Å². The molecule has 17 heavy (non-hydrogen) atoms. The van der Waals surface area contributed by atoms with Crippen molar-refractivity contribution >= 4 is 11.8 Å². The Kier molecular flexibility index (Phi) is 4.08. The second kappa shape index (κ2) is 5.08. The number of aliphatic hydroxyl groups is 1. The molecule has 2 aliphatic rings. The lowest BCUT2D eigenvalue weighted by atomic mass is 9.86. The summed E-state index contributed by atoms with van der Waals surface area (Å²) in [6.07, 6.45) is 2.83. The van der Waals surface area contributed by atoms with Crippen LogP contribution >= 0.6 is 11.8 Å². The van der Waals surface area contributed by atoms with Crippen LogP contribution in [0.2, 0.25) is 0 Å². The quantitative estimate of drug-likeness (QED) is 0.827. The summed E-state index contributed by atoms with van der Waals surface area (Å²) in [5.74, 6) is -0.377. The molecular formula is C13H24O3S. The van der Waals surface area contributed by atoms with Crippen LogP contribution in [0.3, 0.4) is 0 Å². The molecule has 2 fully saturated rings. The highest BCUT2D eigenvalue weighted by atomic mass is 32.2. The monoisotopic (exact) mass is 260 g/mol. The van der Waals surface area contributed by atoms with Crippen molar-refractivity contribution in [3.63, 3.8) is 0 Å². The second-order valence-electron chi connectivity index (χ2n) is 5.67. The van der Waals surface area contributed by atoms with E-state index in [2.05, 4.69) is 20.8 Å². The summed E-state index contributed by atoms with van der Waals surface area (Å²) in [7, 11) is 0. The van der Waals surface area contributed by atoms with Gasteiger partial charge in [-0.05, 0) is 6.42 Å². The SMILES string of the molecule is CCC1(CO)COC2(CC(C)SC(C)C2)OC1.